The lowest BCUT2D eigenvalue weighted by Crippen LogP contribution is -2.05. The summed E-state index contributed by atoms with van der Waals surface area (Å²) in [6, 6.07) is 6.04. The molecule has 3 rings (SSSR count). The van der Waals surface area contributed by atoms with Crippen LogP contribution in [0.2, 0.25) is 0 Å². The Labute approximate surface area is 135 Å². The molecule has 2 heterocycles. The molecule has 5 heteroatoms. The molecule has 1 aromatic carbocycles. The van der Waals surface area contributed by atoms with Gasteiger partial charge in [0, 0.05) is 18.3 Å². The van der Waals surface area contributed by atoms with E-state index in [1.807, 2.05) is 44.3 Å². The van der Waals surface area contributed by atoms with Gasteiger partial charge in [-0.2, -0.15) is 5.10 Å². The Morgan fingerprint density at radius 1 is 1.17 bits per heavy atom. The van der Waals surface area contributed by atoms with Crippen molar-refractivity contribution >= 4 is 16.9 Å². The fourth-order valence-corrected chi connectivity index (χ4v) is 2.35. The van der Waals surface area contributed by atoms with Crippen molar-refractivity contribution in [3.8, 4) is 11.1 Å². The van der Waals surface area contributed by atoms with E-state index in [1.54, 1.807) is 12.4 Å². The molecule has 0 aliphatic heterocycles. The Hall–Kier alpha value is -2.95. The number of benzene rings is 1. The van der Waals surface area contributed by atoms with Gasteiger partial charge in [-0.05, 0) is 37.1 Å². The predicted molar refractivity (Wildman–Crippen MR) is 94.2 cm³/mol. The molecule has 0 fully saturated rings. The Morgan fingerprint density at radius 2 is 2.09 bits per heavy atom. The molecule has 2 aromatic heterocycles. The van der Waals surface area contributed by atoms with Gasteiger partial charge in [-0.15, -0.1) is 0 Å². The number of H-pyrrole nitrogens is 1. The molecule has 0 radical (unpaired) electrons. The number of anilines is 1. The minimum atomic E-state index is 0.730. The fraction of sp³-hybridized carbons (Fsp3) is 0.167. The third-order valence-electron chi connectivity index (χ3n) is 3.60. The lowest BCUT2D eigenvalue weighted by Gasteiger charge is -2.07. The molecule has 0 aliphatic carbocycles. The summed E-state index contributed by atoms with van der Waals surface area (Å²) in [5.41, 5.74) is 5.07. The van der Waals surface area contributed by atoms with E-state index < -0.39 is 0 Å². The number of hydrogen-bond donors (Lipinski definition) is 2. The smallest absolute Gasteiger partial charge is 0.145 e. The average molecular weight is 305 g/mol. The fourth-order valence-electron chi connectivity index (χ4n) is 2.35. The number of hydrogen-bond acceptors (Lipinski definition) is 4. The van der Waals surface area contributed by atoms with Crippen molar-refractivity contribution in [2.45, 2.75) is 13.8 Å². The van der Waals surface area contributed by atoms with Gasteiger partial charge in [-0.25, -0.2) is 4.98 Å². The van der Waals surface area contributed by atoms with Gasteiger partial charge in [-0.3, -0.25) is 10.1 Å². The van der Waals surface area contributed by atoms with Crippen molar-refractivity contribution in [2.75, 3.05) is 11.9 Å². The van der Waals surface area contributed by atoms with E-state index in [9.17, 15) is 0 Å². The van der Waals surface area contributed by atoms with Crippen LogP contribution in [0.4, 0.5) is 5.82 Å². The summed E-state index contributed by atoms with van der Waals surface area (Å²) < 4.78 is 0. The van der Waals surface area contributed by atoms with Crippen LogP contribution in [0.5, 0.6) is 0 Å². The summed E-state index contributed by atoms with van der Waals surface area (Å²) in [7, 11) is 0. The topological polar surface area (TPSA) is 66.5 Å². The highest BCUT2D eigenvalue weighted by Gasteiger charge is 2.04. The molecule has 5 nitrogen and oxygen atoms in total. The number of nitrogens with one attached hydrogen (secondary N) is 2. The van der Waals surface area contributed by atoms with Gasteiger partial charge in [-0.1, -0.05) is 24.3 Å². The molecule has 116 valence electrons. The van der Waals surface area contributed by atoms with Gasteiger partial charge in [0.15, 0.2) is 0 Å². The number of aromatic amines is 1. The van der Waals surface area contributed by atoms with Crippen LogP contribution in [0.15, 0.2) is 60.6 Å². The molecule has 0 amide bonds. The summed E-state index contributed by atoms with van der Waals surface area (Å²) in [5, 5.41) is 10.1. The molecule has 0 unspecified atom stereocenters. The number of rotatable bonds is 5. The molecule has 0 spiro atoms. The zero-order valence-electron chi connectivity index (χ0n) is 13.2. The largest absolute Gasteiger partial charge is 0.365 e. The van der Waals surface area contributed by atoms with Crippen molar-refractivity contribution in [1.82, 2.24) is 20.2 Å². The molecule has 0 saturated carbocycles. The maximum atomic E-state index is 4.62. The van der Waals surface area contributed by atoms with Gasteiger partial charge in [0.05, 0.1) is 23.4 Å². The molecule has 23 heavy (non-hydrogen) atoms. The monoisotopic (exact) mass is 305 g/mol. The van der Waals surface area contributed by atoms with Crippen molar-refractivity contribution in [3.05, 3.63) is 60.6 Å². The highest BCUT2D eigenvalue weighted by Crippen LogP contribution is 2.22. The first-order valence-electron chi connectivity index (χ1n) is 7.58. The Balaban J connectivity index is 1.81. The first-order chi connectivity index (χ1) is 11.3. The van der Waals surface area contributed by atoms with E-state index in [0.29, 0.717) is 0 Å². The number of allylic oxidation sites excluding steroid dienone is 2. The molecule has 0 aliphatic rings. The van der Waals surface area contributed by atoms with Crippen molar-refractivity contribution in [1.29, 1.82) is 0 Å². The molecule has 2 N–H and O–H groups in total. The maximum absolute atomic E-state index is 4.62. The molecule has 0 saturated heterocycles. The van der Waals surface area contributed by atoms with E-state index >= 15 is 0 Å². The second kappa shape index (κ2) is 6.87. The number of aromatic nitrogens is 4. The molecular formula is C18H19N5. The van der Waals surface area contributed by atoms with Gasteiger partial charge in [0.2, 0.25) is 0 Å². The first kappa shape index (κ1) is 15.0. The minimum absolute atomic E-state index is 0.730. The second-order valence-electron chi connectivity index (χ2n) is 5.16. The summed E-state index contributed by atoms with van der Waals surface area (Å²) in [4.78, 5) is 9.12. The van der Waals surface area contributed by atoms with Gasteiger partial charge in [0.1, 0.15) is 5.82 Å². The maximum Gasteiger partial charge on any atom is 0.145 e. The molecular weight excluding hydrogens is 286 g/mol. The number of nitrogens with zero attached hydrogens (tertiary/aromatic N) is 3. The summed E-state index contributed by atoms with van der Waals surface area (Å²) in [6.07, 6.45) is 11.6. The van der Waals surface area contributed by atoms with Gasteiger partial charge in [0.25, 0.3) is 0 Å². The zero-order chi connectivity index (χ0) is 16.1. The third-order valence-corrected chi connectivity index (χ3v) is 3.60. The van der Waals surface area contributed by atoms with Crippen LogP contribution in [0.1, 0.15) is 13.8 Å². The molecule has 3 aromatic rings. The van der Waals surface area contributed by atoms with Crippen LogP contribution in [0.3, 0.4) is 0 Å². The third kappa shape index (κ3) is 3.45. The zero-order valence-corrected chi connectivity index (χ0v) is 13.2. The predicted octanol–water partition coefficient (Wildman–Crippen LogP) is 3.95. The summed E-state index contributed by atoms with van der Waals surface area (Å²) in [5.74, 6) is 0.775. The lowest BCUT2D eigenvalue weighted by atomic mass is 10.1. The summed E-state index contributed by atoms with van der Waals surface area (Å²) >= 11 is 0. The van der Waals surface area contributed by atoms with Crippen LogP contribution in [-0.2, 0) is 0 Å². The SMILES string of the molecule is C/C=C\C(=C/C)CNc1cnc2cc(-c3cn[nH]c3)ccc2n1. The van der Waals surface area contributed by atoms with Crippen LogP contribution in [0, 0.1) is 0 Å². The van der Waals surface area contributed by atoms with E-state index in [-0.39, 0.29) is 0 Å². The van der Waals surface area contributed by atoms with Crippen LogP contribution < -0.4 is 5.32 Å². The minimum Gasteiger partial charge on any atom is -0.365 e. The Kier molecular flexibility index (Phi) is 4.47. The van der Waals surface area contributed by atoms with Gasteiger partial charge >= 0.3 is 0 Å². The highest BCUT2D eigenvalue weighted by atomic mass is 15.1. The standard InChI is InChI=1S/C18H19N5/c1-3-5-13(4-2)9-20-18-12-19-17-8-14(6-7-16(17)23-18)15-10-21-22-11-15/h3-8,10-12H,9H2,1-2H3,(H,20,23)(H,21,22)/b5-3-,13-4+. The normalized spacial score (nSPS) is 12.2. The van der Waals surface area contributed by atoms with Crippen molar-refractivity contribution in [2.24, 2.45) is 0 Å². The van der Waals surface area contributed by atoms with E-state index in [2.05, 4.69) is 37.6 Å². The quantitative estimate of drug-likeness (QED) is 0.700. The number of fused-ring (bicyclic) bond motifs is 1. The van der Waals surface area contributed by atoms with Gasteiger partial charge < -0.3 is 5.32 Å². The first-order valence-corrected chi connectivity index (χ1v) is 7.58. The second-order valence-corrected chi connectivity index (χ2v) is 5.16. The Bertz CT molecular complexity index is 847. The van der Waals surface area contributed by atoms with E-state index in [0.717, 1.165) is 34.5 Å². The van der Waals surface area contributed by atoms with Crippen LogP contribution in [0.25, 0.3) is 22.2 Å². The van der Waals surface area contributed by atoms with E-state index in [4.69, 9.17) is 0 Å². The molecule has 0 bridgehead atoms. The van der Waals surface area contributed by atoms with Crippen molar-refractivity contribution in [3.63, 3.8) is 0 Å². The summed E-state index contributed by atoms with van der Waals surface area (Å²) in [6.45, 7) is 4.77. The molecule has 0 atom stereocenters. The van der Waals surface area contributed by atoms with E-state index in [1.165, 1.54) is 5.57 Å². The highest BCUT2D eigenvalue weighted by molar-refractivity contribution is 5.81. The van der Waals surface area contributed by atoms with Crippen LogP contribution >= 0.6 is 0 Å². The van der Waals surface area contributed by atoms with Crippen LogP contribution in [-0.4, -0.2) is 26.7 Å². The Morgan fingerprint density at radius 3 is 2.83 bits per heavy atom. The lowest BCUT2D eigenvalue weighted by molar-refractivity contribution is 1.09. The van der Waals surface area contributed by atoms with Crippen molar-refractivity contribution < 1.29 is 0 Å². The average Bonchev–Trinajstić information content (AvgIpc) is 3.12.